The zero-order valence-corrected chi connectivity index (χ0v) is 22.5. The Bertz CT molecular complexity index is 1340. The summed E-state index contributed by atoms with van der Waals surface area (Å²) in [5.74, 6) is -0.275. The number of carbonyl (C=O) groups excluding carboxylic acids is 1. The molecule has 1 fully saturated rings. The minimum Gasteiger partial charge on any atom is -0.379 e. The molecule has 1 aliphatic rings. The highest BCUT2D eigenvalue weighted by Crippen LogP contribution is 2.38. The number of benzene rings is 1. The van der Waals surface area contributed by atoms with Crippen LogP contribution in [0.15, 0.2) is 43.2 Å². The Hall–Kier alpha value is -3.43. The van der Waals surface area contributed by atoms with Crippen LogP contribution in [0.1, 0.15) is 74.6 Å². The van der Waals surface area contributed by atoms with Gasteiger partial charge in [-0.3, -0.25) is 14.5 Å². The zero-order chi connectivity index (χ0) is 28.4. The molecule has 0 bridgehead atoms. The first-order valence-corrected chi connectivity index (χ1v) is 13.3. The second kappa shape index (κ2) is 11.4. The first kappa shape index (κ1) is 28.6. The molecule has 3 aromatic rings. The standard InChI is InChI=1S/C29H35F4N5O/c1-18(29(31,32)33)26-21-10-7-13-24(37-25-12-6-5-11-23(25)30)22(21)15-20(36-26)9-8-14-34-27(39)19-16-35-38(17-19)28(2,3)4/h7,10,13,15-17,23,25,37H,1,5-6,8-9,11-12,14H2,2-4H3,(H,34,39). The van der Waals surface area contributed by atoms with E-state index in [9.17, 15) is 22.4 Å². The van der Waals surface area contributed by atoms with Crippen LogP contribution in [0.5, 0.6) is 0 Å². The number of hydrogen-bond acceptors (Lipinski definition) is 4. The van der Waals surface area contributed by atoms with E-state index in [0.29, 0.717) is 59.9 Å². The van der Waals surface area contributed by atoms with Crippen molar-refractivity contribution in [3.05, 3.63) is 60.2 Å². The highest BCUT2D eigenvalue weighted by molar-refractivity contribution is 6.00. The van der Waals surface area contributed by atoms with Crippen LogP contribution in [0, 0.1) is 0 Å². The fraction of sp³-hybridized carbons (Fsp3) is 0.483. The molecule has 2 unspecified atom stereocenters. The van der Waals surface area contributed by atoms with Crippen LogP contribution in [0.4, 0.5) is 23.2 Å². The molecule has 1 amide bonds. The quantitative estimate of drug-likeness (QED) is 0.241. The van der Waals surface area contributed by atoms with E-state index in [1.807, 2.05) is 20.8 Å². The summed E-state index contributed by atoms with van der Waals surface area (Å²) >= 11 is 0. The molecule has 1 aliphatic carbocycles. The molecule has 6 nitrogen and oxygen atoms in total. The minimum absolute atomic E-state index is 0.238. The smallest absolute Gasteiger partial charge is 0.379 e. The third-order valence-electron chi connectivity index (χ3n) is 7.01. The number of aromatic nitrogens is 3. The molecule has 2 N–H and O–H groups in total. The van der Waals surface area contributed by atoms with Crippen LogP contribution in [0.2, 0.25) is 0 Å². The Labute approximate surface area is 225 Å². The van der Waals surface area contributed by atoms with E-state index in [2.05, 4.69) is 27.3 Å². The first-order valence-electron chi connectivity index (χ1n) is 13.3. The van der Waals surface area contributed by atoms with Crippen molar-refractivity contribution < 1.29 is 22.4 Å². The molecule has 210 valence electrons. The van der Waals surface area contributed by atoms with Gasteiger partial charge in [0.25, 0.3) is 5.91 Å². The maximum absolute atomic E-state index is 14.6. The molecule has 0 radical (unpaired) electrons. The van der Waals surface area contributed by atoms with Crippen molar-refractivity contribution in [3.63, 3.8) is 0 Å². The van der Waals surface area contributed by atoms with Crippen molar-refractivity contribution in [2.75, 3.05) is 11.9 Å². The van der Waals surface area contributed by atoms with Crippen molar-refractivity contribution in [1.29, 1.82) is 0 Å². The lowest BCUT2D eigenvalue weighted by Gasteiger charge is -2.28. The van der Waals surface area contributed by atoms with Gasteiger partial charge in [0.05, 0.1) is 34.6 Å². The Kier molecular flexibility index (Phi) is 8.32. The van der Waals surface area contributed by atoms with Gasteiger partial charge >= 0.3 is 6.18 Å². The van der Waals surface area contributed by atoms with Crippen LogP contribution in [-0.4, -0.2) is 45.6 Å². The monoisotopic (exact) mass is 545 g/mol. The summed E-state index contributed by atoms with van der Waals surface area (Å²) in [5.41, 5.74) is -0.0798. The van der Waals surface area contributed by atoms with E-state index in [0.717, 1.165) is 12.8 Å². The number of aryl methyl sites for hydroxylation is 1. The average molecular weight is 546 g/mol. The highest BCUT2D eigenvalue weighted by atomic mass is 19.4. The van der Waals surface area contributed by atoms with Gasteiger partial charge in [0.2, 0.25) is 0 Å². The van der Waals surface area contributed by atoms with Crippen LogP contribution in [-0.2, 0) is 12.0 Å². The number of halogens is 4. The third-order valence-corrected chi connectivity index (χ3v) is 7.01. The van der Waals surface area contributed by atoms with E-state index < -0.39 is 24.0 Å². The number of rotatable bonds is 8. The SMILES string of the molecule is C=C(c1nc(CCCNC(=O)c2cnn(C(C)(C)C)c2)cc2c(NC3CCCCC3F)cccc12)C(F)(F)F. The predicted molar refractivity (Wildman–Crippen MR) is 145 cm³/mol. The molecule has 0 aliphatic heterocycles. The zero-order valence-electron chi connectivity index (χ0n) is 22.5. The van der Waals surface area contributed by atoms with Gasteiger partial charge in [-0.1, -0.05) is 31.6 Å². The summed E-state index contributed by atoms with van der Waals surface area (Å²) in [7, 11) is 0. The van der Waals surface area contributed by atoms with Gasteiger partial charge in [-0.15, -0.1) is 0 Å². The number of allylic oxidation sites excluding steroid dienone is 1. The maximum atomic E-state index is 14.6. The largest absolute Gasteiger partial charge is 0.417 e. The average Bonchev–Trinajstić information content (AvgIpc) is 3.38. The number of alkyl halides is 4. The fourth-order valence-electron chi connectivity index (χ4n) is 4.78. The molecule has 4 rings (SSSR count). The summed E-state index contributed by atoms with van der Waals surface area (Å²) in [4.78, 5) is 16.9. The van der Waals surface area contributed by atoms with E-state index in [4.69, 9.17) is 0 Å². The summed E-state index contributed by atoms with van der Waals surface area (Å²) in [6.45, 7) is 9.52. The van der Waals surface area contributed by atoms with Crippen molar-refractivity contribution in [2.45, 2.75) is 83.2 Å². The molecule has 2 heterocycles. The number of amides is 1. The Morgan fingerprint density at radius 2 is 1.90 bits per heavy atom. The number of nitrogens with one attached hydrogen (secondary N) is 2. The lowest BCUT2D eigenvalue weighted by Crippen LogP contribution is -2.33. The molecule has 39 heavy (non-hydrogen) atoms. The van der Waals surface area contributed by atoms with Gasteiger partial charge in [0.15, 0.2) is 0 Å². The van der Waals surface area contributed by atoms with Crippen molar-refractivity contribution in [3.8, 4) is 0 Å². The number of carbonyl (C=O) groups is 1. The highest BCUT2D eigenvalue weighted by Gasteiger charge is 2.35. The molecule has 0 spiro atoms. The number of fused-ring (bicyclic) bond motifs is 1. The molecular weight excluding hydrogens is 510 g/mol. The topological polar surface area (TPSA) is 71.8 Å². The molecule has 1 aromatic carbocycles. The molecule has 1 saturated carbocycles. The van der Waals surface area contributed by atoms with Crippen molar-refractivity contribution in [1.82, 2.24) is 20.1 Å². The summed E-state index contributed by atoms with van der Waals surface area (Å²) in [6, 6.07) is 6.33. The van der Waals surface area contributed by atoms with E-state index in [1.165, 1.54) is 6.20 Å². The maximum Gasteiger partial charge on any atom is 0.417 e. The van der Waals surface area contributed by atoms with Gasteiger partial charge in [0.1, 0.15) is 6.17 Å². The van der Waals surface area contributed by atoms with Crippen LogP contribution in [0.3, 0.4) is 0 Å². The van der Waals surface area contributed by atoms with Crippen LogP contribution in [0.25, 0.3) is 16.3 Å². The second-order valence-corrected chi connectivity index (χ2v) is 11.1. The van der Waals surface area contributed by atoms with E-state index in [-0.39, 0.29) is 17.1 Å². The number of pyridine rings is 1. The van der Waals surface area contributed by atoms with Gasteiger partial charge in [-0.2, -0.15) is 18.3 Å². The van der Waals surface area contributed by atoms with Crippen molar-refractivity contribution >= 4 is 27.9 Å². The lowest BCUT2D eigenvalue weighted by molar-refractivity contribution is -0.0688. The summed E-state index contributed by atoms with van der Waals surface area (Å²) in [5, 5.41) is 11.1. The predicted octanol–water partition coefficient (Wildman–Crippen LogP) is 6.82. The first-order chi connectivity index (χ1) is 18.3. The van der Waals surface area contributed by atoms with Gasteiger partial charge < -0.3 is 10.6 Å². The number of hydrogen-bond donors (Lipinski definition) is 2. The van der Waals surface area contributed by atoms with Gasteiger partial charge in [-0.05, 0) is 58.6 Å². The summed E-state index contributed by atoms with van der Waals surface area (Å²) < 4.78 is 57.3. The third kappa shape index (κ3) is 6.78. The Morgan fingerprint density at radius 3 is 2.56 bits per heavy atom. The molecule has 10 heteroatoms. The molecular formula is C29H35F4N5O. The number of anilines is 1. The Balaban J connectivity index is 1.53. The minimum atomic E-state index is -4.65. The van der Waals surface area contributed by atoms with E-state index in [1.54, 1.807) is 35.1 Å². The lowest BCUT2D eigenvalue weighted by atomic mass is 9.93. The molecule has 2 aromatic heterocycles. The molecule has 0 saturated heterocycles. The Morgan fingerprint density at radius 1 is 1.15 bits per heavy atom. The molecule has 2 atom stereocenters. The van der Waals surface area contributed by atoms with Gasteiger partial charge in [-0.25, -0.2) is 4.39 Å². The van der Waals surface area contributed by atoms with Crippen LogP contribution < -0.4 is 10.6 Å². The van der Waals surface area contributed by atoms with Crippen LogP contribution >= 0.6 is 0 Å². The van der Waals surface area contributed by atoms with Gasteiger partial charge in [0, 0.05) is 34.9 Å². The fourth-order valence-corrected chi connectivity index (χ4v) is 4.78. The summed E-state index contributed by atoms with van der Waals surface area (Å²) in [6.07, 6.45) is 1.16. The number of nitrogens with zero attached hydrogens (tertiary/aromatic N) is 3. The van der Waals surface area contributed by atoms with E-state index >= 15 is 0 Å². The normalized spacial score (nSPS) is 18.2. The van der Waals surface area contributed by atoms with Crippen molar-refractivity contribution in [2.24, 2.45) is 0 Å². The second-order valence-electron chi connectivity index (χ2n) is 11.1.